The van der Waals surface area contributed by atoms with E-state index in [1.807, 2.05) is 0 Å². The second-order valence-electron chi connectivity index (χ2n) is 5.37. The molecule has 2 N–H and O–H groups in total. The molecule has 0 saturated carbocycles. The van der Waals surface area contributed by atoms with E-state index < -0.39 is 23.4 Å². The molecule has 0 aliphatic carbocycles. The van der Waals surface area contributed by atoms with Gasteiger partial charge in [0.1, 0.15) is 5.92 Å². The highest BCUT2D eigenvalue weighted by atomic mass is 16.4. The highest BCUT2D eigenvalue weighted by molar-refractivity contribution is 6.42. The number of Topliss-reactive ketones (excluding diaryl/α,β-unsaturated/α-hetero) is 1. The number of carboxylic acids is 1. The van der Waals surface area contributed by atoms with Crippen LogP contribution >= 0.6 is 0 Å². The summed E-state index contributed by atoms with van der Waals surface area (Å²) >= 11 is 0. The van der Waals surface area contributed by atoms with Crippen LogP contribution in [0.4, 0.5) is 0 Å². The number of para-hydroxylation sites is 1. The maximum Gasteiger partial charge on any atom is 0.312 e. The molecule has 0 radical (unpaired) electrons. The van der Waals surface area contributed by atoms with Crippen molar-refractivity contribution in [3.05, 3.63) is 36.0 Å². The summed E-state index contributed by atoms with van der Waals surface area (Å²) < 4.78 is 1.45. The van der Waals surface area contributed by atoms with Gasteiger partial charge in [0.05, 0.1) is 11.2 Å². The Kier molecular flexibility index (Phi) is 4.74. The first-order chi connectivity index (χ1) is 10.9. The van der Waals surface area contributed by atoms with Gasteiger partial charge in [0.25, 0.3) is 0 Å². The first kappa shape index (κ1) is 16.6. The molecule has 0 bridgehead atoms. The van der Waals surface area contributed by atoms with Crippen molar-refractivity contribution in [1.82, 2.24) is 4.57 Å². The zero-order chi connectivity index (χ0) is 17.1. The number of hydrogen-bond acceptors (Lipinski definition) is 4. The van der Waals surface area contributed by atoms with Crippen molar-refractivity contribution >= 4 is 34.3 Å². The molecule has 0 amide bonds. The number of carbonyl (C=O) groups is 3. The van der Waals surface area contributed by atoms with Crippen LogP contribution < -0.4 is 0 Å². The third-order valence-electron chi connectivity index (χ3n) is 3.84. The average molecular weight is 314 g/mol. The Morgan fingerprint density at radius 2 is 1.91 bits per heavy atom. The van der Waals surface area contributed by atoms with Crippen molar-refractivity contribution in [3.8, 4) is 0 Å². The molecule has 0 unspecified atom stereocenters. The van der Waals surface area contributed by atoms with E-state index in [1.54, 1.807) is 37.4 Å². The highest BCUT2D eigenvalue weighted by Crippen LogP contribution is 2.22. The molecule has 0 aliphatic rings. The van der Waals surface area contributed by atoms with Crippen molar-refractivity contribution < 1.29 is 19.5 Å². The number of nitrogens with one attached hydrogen (secondary N) is 1. The second kappa shape index (κ2) is 6.56. The topological polar surface area (TPSA) is 100 Å². The Bertz CT molecular complexity index is 804. The summed E-state index contributed by atoms with van der Waals surface area (Å²) in [6, 6.07) is 7.18. The predicted molar refractivity (Wildman–Crippen MR) is 86.1 cm³/mol. The number of rotatable bonds is 6. The zero-order valence-electron chi connectivity index (χ0n) is 13.0. The van der Waals surface area contributed by atoms with Gasteiger partial charge in [-0.1, -0.05) is 25.1 Å². The van der Waals surface area contributed by atoms with Gasteiger partial charge in [-0.3, -0.25) is 19.0 Å². The molecule has 2 rings (SSSR count). The molecule has 1 atom stereocenters. The van der Waals surface area contributed by atoms with Crippen LogP contribution in [0.25, 0.3) is 10.9 Å². The van der Waals surface area contributed by atoms with Gasteiger partial charge in [-0.25, -0.2) is 0 Å². The van der Waals surface area contributed by atoms with Gasteiger partial charge >= 0.3 is 5.97 Å². The number of carbonyl (C=O) groups excluding carboxylic acids is 2. The van der Waals surface area contributed by atoms with Crippen molar-refractivity contribution in [1.29, 1.82) is 5.41 Å². The normalized spacial score (nSPS) is 12.1. The van der Waals surface area contributed by atoms with E-state index in [0.717, 1.165) is 5.39 Å². The number of aliphatic carboxylic acids is 1. The smallest absolute Gasteiger partial charge is 0.312 e. The van der Waals surface area contributed by atoms with E-state index in [0.29, 0.717) is 11.1 Å². The van der Waals surface area contributed by atoms with Crippen LogP contribution in [0.1, 0.15) is 30.6 Å². The minimum atomic E-state index is -1.17. The number of hydrogen-bond donors (Lipinski definition) is 2. The molecule has 2 aromatic rings. The molecule has 120 valence electrons. The quantitative estimate of drug-likeness (QED) is 0.800. The summed E-state index contributed by atoms with van der Waals surface area (Å²) in [5.41, 5.74) is 0.907. The number of benzene rings is 1. The highest BCUT2D eigenvalue weighted by Gasteiger charge is 2.26. The molecule has 6 heteroatoms. The van der Waals surface area contributed by atoms with Crippen LogP contribution in [0, 0.1) is 11.3 Å². The molecule has 1 aromatic heterocycles. The van der Waals surface area contributed by atoms with E-state index >= 15 is 0 Å². The van der Waals surface area contributed by atoms with Crippen LogP contribution in [0.5, 0.6) is 0 Å². The second-order valence-corrected chi connectivity index (χ2v) is 5.37. The van der Waals surface area contributed by atoms with Crippen LogP contribution in [-0.4, -0.2) is 33.0 Å². The van der Waals surface area contributed by atoms with Crippen LogP contribution in [0.15, 0.2) is 30.5 Å². The van der Waals surface area contributed by atoms with E-state index in [4.69, 9.17) is 10.5 Å². The number of nitrogens with zero attached hydrogens (tertiary/aromatic N) is 1. The van der Waals surface area contributed by atoms with Gasteiger partial charge in [-0.05, 0) is 18.1 Å². The monoisotopic (exact) mass is 314 g/mol. The first-order valence-corrected chi connectivity index (χ1v) is 7.31. The Balaban J connectivity index is 2.35. The number of carboxylic acid groups (broad SMARTS) is 1. The van der Waals surface area contributed by atoms with Crippen molar-refractivity contribution in [3.63, 3.8) is 0 Å². The summed E-state index contributed by atoms with van der Waals surface area (Å²) in [4.78, 5) is 35.0. The maximum absolute atomic E-state index is 12.3. The van der Waals surface area contributed by atoms with Gasteiger partial charge in [0.15, 0.2) is 5.78 Å². The maximum atomic E-state index is 12.3. The molecular formula is C17H18N2O4. The first-order valence-electron chi connectivity index (χ1n) is 7.31. The summed E-state index contributed by atoms with van der Waals surface area (Å²) in [6.07, 6.45) is 1.68. The Labute approximate surface area is 133 Å². The fourth-order valence-corrected chi connectivity index (χ4v) is 2.62. The summed E-state index contributed by atoms with van der Waals surface area (Å²) in [6.45, 7) is 3.06. The van der Waals surface area contributed by atoms with Crippen LogP contribution in [0.3, 0.4) is 0 Å². The van der Waals surface area contributed by atoms with Gasteiger partial charge in [-0.15, -0.1) is 0 Å². The van der Waals surface area contributed by atoms with Crippen molar-refractivity contribution in [2.45, 2.75) is 26.7 Å². The lowest BCUT2D eigenvalue weighted by Crippen LogP contribution is -2.30. The largest absolute Gasteiger partial charge is 0.481 e. The van der Waals surface area contributed by atoms with Crippen molar-refractivity contribution in [2.24, 2.45) is 5.92 Å². The fraction of sp³-hybridized carbons (Fsp3) is 0.294. The van der Waals surface area contributed by atoms with E-state index in [1.165, 1.54) is 11.5 Å². The van der Waals surface area contributed by atoms with Crippen LogP contribution in [-0.2, 0) is 16.0 Å². The van der Waals surface area contributed by atoms with Gasteiger partial charge in [-0.2, -0.15) is 0 Å². The molecule has 1 heterocycles. The summed E-state index contributed by atoms with van der Waals surface area (Å²) in [5, 5.41) is 17.6. The molecule has 0 spiro atoms. The lowest BCUT2D eigenvalue weighted by Gasteiger charge is -2.10. The Morgan fingerprint density at radius 3 is 2.48 bits per heavy atom. The SMILES string of the molecule is CC[C@@H](C(=N)C(=O)Cc1cn(C(C)=O)c2ccccc12)C(=O)O. The minimum absolute atomic E-state index is 0.0938. The summed E-state index contributed by atoms with van der Waals surface area (Å²) in [7, 11) is 0. The zero-order valence-corrected chi connectivity index (χ0v) is 13.0. The van der Waals surface area contributed by atoms with Crippen LogP contribution in [0.2, 0.25) is 0 Å². The molecule has 0 fully saturated rings. The van der Waals surface area contributed by atoms with Gasteiger partial charge < -0.3 is 10.5 Å². The van der Waals surface area contributed by atoms with E-state index in [-0.39, 0.29) is 18.7 Å². The van der Waals surface area contributed by atoms with Gasteiger partial charge in [0, 0.05) is 24.9 Å². The standard InChI is InChI=1S/C17H18N2O4/c1-3-12(17(22)23)16(18)15(21)8-11-9-19(10(2)20)14-7-5-4-6-13(11)14/h4-7,9,12,18H,3,8H2,1-2H3,(H,22,23)/t12-/m0/s1. The third kappa shape index (κ3) is 3.21. The number of fused-ring (bicyclic) bond motifs is 1. The molecule has 6 nitrogen and oxygen atoms in total. The number of ketones is 1. The van der Waals surface area contributed by atoms with E-state index in [2.05, 4.69) is 0 Å². The molecule has 23 heavy (non-hydrogen) atoms. The van der Waals surface area contributed by atoms with E-state index in [9.17, 15) is 14.4 Å². The minimum Gasteiger partial charge on any atom is -0.481 e. The van der Waals surface area contributed by atoms with Gasteiger partial charge in [0.2, 0.25) is 5.91 Å². The molecular weight excluding hydrogens is 296 g/mol. The van der Waals surface area contributed by atoms with Crippen molar-refractivity contribution in [2.75, 3.05) is 0 Å². The lowest BCUT2D eigenvalue weighted by atomic mass is 9.94. The third-order valence-corrected chi connectivity index (χ3v) is 3.84. The lowest BCUT2D eigenvalue weighted by molar-refractivity contribution is -0.139. The molecule has 0 saturated heterocycles. The molecule has 1 aromatic carbocycles. The Hall–Kier alpha value is -2.76. The fourth-order valence-electron chi connectivity index (χ4n) is 2.62. The summed E-state index contributed by atoms with van der Waals surface area (Å²) in [5.74, 6) is -2.97. The Morgan fingerprint density at radius 1 is 1.26 bits per heavy atom. The predicted octanol–water partition coefficient (Wildman–Crippen LogP) is 2.54. The molecule has 0 aliphatic heterocycles. The number of aromatic nitrogens is 1. The average Bonchev–Trinajstić information content (AvgIpc) is 2.86.